The van der Waals surface area contributed by atoms with Crippen molar-refractivity contribution >= 4 is 11.7 Å². The molecule has 0 radical (unpaired) electrons. The molecule has 34 heavy (non-hydrogen) atoms. The van der Waals surface area contributed by atoms with Crippen molar-refractivity contribution < 1.29 is 14.3 Å². The second-order valence-electron chi connectivity index (χ2n) is 9.38. The van der Waals surface area contributed by atoms with Crippen LogP contribution in [-0.2, 0) is 15.9 Å². The maximum Gasteiger partial charge on any atom is 0.410 e. The first-order valence-corrected chi connectivity index (χ1v) is 12.2. The maximum atomic E-state index is 13.4. The van der Waals surface area contributed by atoms with Gasteiger partial charge in [0.2, 0.25) is 0 Å². The summed E-state index contributed by atoms with van der Waals surface area (Å²) in [7, 11) is 0. The molecule has 2 unspecified atom stereocenters. The fraction of sp³-hybridized carbons (Fsp3) is 0.300. The summed E-state index contributed by atoms with van der Waals surface area (Å²) in [4.78, 5) is 15.3. The third kappa shape index (κ3) is 3.54. The van der Waals surface area contributed by atoms with E-state index in [9.17, 15) is 4.79 Å². The molecule has 1 amide bonds. The van der Waals surface area contributed by atoms with Gasteiger partial charge in [-0.3, -0.25) is 4.90 Å². The zero-order valence-corrected chi connectivity index (χ0v) is 19.4. The van der Waals surface area contributed by atoms with Crippen LogP contribution in [0.4, 0.5) is 4.79 Å². The lowest BCUT2D eigenvalue weighted by Gasteiger charge is -2.44. The first-order chi connectivity index (χ1) is 16.7. The van der Waals surface area contributed by atoms with Gasteiger partial charge in [0.05, 0.1) is 25.3 Å². The summed E-state index contributed by atoms with van der Waals surface area (Å²) in [6, 6.07) is 25.4. The summed E-state index contributed by atoms with van der Waals surface area (Å²) < 4.78 is 11.8. The second kappa shape index (κ2) is 8.77. The molecular formula is C30H29NO3. The lowest BCUT2D eigenvalue weighted by molar-refractivity contribution is -0.0331. The molecule has 3 aromatic rings. The Hall–Kier alpha value is -3.37. The van der Waals surface area contributed by atoms with Gasteiger partial charge in [0.1, 0.15) is 6.61 Å². The average Bonchev–Trinajstić information content (AvgIpc) is 3.20. The molecule has 0 N–H and O–H groups in total. The number of carbonyl (C=O) groups is 1. The number of nitrogens with zero attached hydrogens (tertiary/aromatic N) is 1. The van der Waals surface area contributed by atoms with Crippen LogP contribution in [0.25, 0.3) is 16.7 Å². The minimum absolute atomic E-state index is 0.000636. The molecule has 2 aliphatic heterocycles. The van der Waals surface area contributed by atoms with Crippen molar-refractivity contribution in [3.05, 3.63) is 101 Å². The summed E-state index contributed by atoms with van der Waals surface area (Å²) in [6.45, 7) is 3.60. The number of carbonyl (C=O) groups excluding carboxylic acids is 1. The number of hydrogen-bond acceptors (Lipinski definition) is 3. The van der Waals surface area contributed by atoms with Crippen molar-refractivity contribution in [3.8, 4) is 11.1 Å². The molecule has 4 nitrogen and oxygen atoms in total. The Morgan fingerprint density at radius 1 is 0.912 bits per heavy atom. The SMILES string of the molecule is CCc1ccccc1C1=CC2COCC(C1)N2C(=O)OCC1c2ccccc2-c2ccccc21. The first kappa shape index (κ1) is 21.2. The lowest BCUT2D eigenvalue weighted by atomic mass is 9.87. The standard InChI is InChI=1S/C30H29NO3/c1-2-20-9-3-4-10-24(20)21-15-22-17-33-18-23(16-21)31(22)30(32)34-19-29-27-13-7-5-11-25(27)26-12-6-8-14-28(26)29/h3-15,22-23,29H,2,16-19H2,1H3. The van der Waals surface area contributed by atoms with Crippen LogP contribution < -0.4 is 0 Å². The predicted molar refractivity (Wildman–Crippen MR) is 134 cm³/mol. The minimum atomic E-state index is -0.237. The van der Waals surface area contributed by atoms with Crippen LogP contribution in [0.3, 0.4) is 0 Å². The Kier molecular flexibility index (Phi) is 5.46. The van der Waals surface area contributed by atoms with Gasteiger partial charge in [0, 0.05) is 5.92 Å². The molecule has 2 bridgehead atoms. The van der Waals surface area contributed by atoms with Gasteiger partial charge < -0.3 is 9.47 Å². The molecule has 6 rings (SSSR count). The van der Waals surface area contributed by atoms with E-state index in [4.69, 9.17) is 9.47 Å². The van der Waals surface area contributed by atoms with Gasteiger partial charge in [0.15, 0.2) is 0 Å². The van der Waals surface area contributed by atoms with E-state index in [1.807, 2.05) is 4.90 Å². The van der Waals surface area contributed by atoms with Gasteiger partial charge >= 0.3 is 6.09 Å². The van der Waals surface area contributed by atoms with E-state index >= 15 is 0 Å². The van der Waals surface area contributed by atoms with Crippen LogP contribution in [0.1, 0.15) is 41.5 Å². The first-order valence-electron chi connectivity index (χ1n) is 12.2. The molecule has 0 spiro atoms. The molecule has 1 saturated heterocycles. The highest BCUT2D eigenvalue weighted by molar-refractivity contribution is 5.79. The molecule has 172 valence electrons. The van der Waals surface area contributed by atoms with Crippen molar-refractivity contribution in [1.82, 2.24) is 4.90 Å². The van der Waals surface area contributed by atoms with Crippen molar-refractivity contribution in [2.75, 3.05) is 19.8 Å². The van der Waals surface area contributed by atoms with Gasteiger partial charge in [-0.25, -0.2) is 4.79 Å². The van der Waals surface area contributed by atoms with E-state index in [1.165, 1.54) is 39.0 Å². The van der Waals surface area contributed by atoms with Crippen LogP contribution in [0.5, 0.6) is 0 Å². The molecule has 4 heteroatoms. The summed E-state index contributed by atoms with van der Waals surface area (Å²) in [6.07, 6.45) is 3.76. The fourth-order valence-electron chi connectivity index (χ4n) is 5.89. The molecule has 2 atom stereocenters. The van der Waals surface area contributed by atoms with E-state index in [-0.39, 0.29) is 24.1 Å². The zero-order valence-electron chi connectivity index (χ0n) is 19.4. The van der Waals surface area contributed by atoms with Crippen molar-refractivity contribution in [2.24, 2.45) is 0 Å². The summed E-state index contributed by atoms with van der Waals surface area (Å²) in [5, 5.41) is 0. The molecule has 0 aromatic heterocycles. The molecule has 1 fully saturated rings. The number of amides is 1. The van der Waals surface area contributed by atoms with Gasteiger partial charge in [-0.1, -0.05) is 85.8 Å². The Labute approximate surface area is 200 Å². The number of morpholine rings is 1. The highest BCUT2D eigenvalue weighted by Gasteiger charge is 2.40. The lowest BCUT2D eigenvalue weighted by Crippen LogP contribution is -2.56. The van der Waals surface area contributed by atoms with Crippen LogP contribution in [0.2, 0.25) is 0 Å². The number of rotatable bonds is 4. The van der Waals surface area contributed by atoms with Crippen LogP contribution >= 0.6 is 0 Å². The van der Waals surface area contributed by atoms with E-state index in [0.29, 0.717) is 19.8 Å². The zero-order chi connectivity index (χ0) is 23.1. The highest BCUT2D eigenvalue weighted by atomic mass is 16.6. The van der Waals surface area contributed by atoms with E-state index < -0.39 is 0 Å². The Morgan fingerprint density at radius 3 is 2.24 bits per heavy atom. The van der Waals surface area contributed by atoms with E-state index in [2.05, 4.69) is 85.8 Å². The topological polar surface area (TPSA) is 38.8 Å². The van der Waals surface area contributed by atoms with Crippen molar-refractivity contribution in [3.63, 3.8) is 0 Å². The van der Waals surface area contributed by atoms with Crippen molar-refractivity contribution in [2.45, 2.75) is 37.8 Å². The van der Waals surface area contributed by atoms with Crippen LogP contribution in [-0.4, -0.2) is 42.9 Å². The molecule has 3 aliphatic rings. The fourth-order valence-corrected chi connectivity index (χ4v) is 5.89. The molecule has 2 heterocycles. The number of aryl methyl sites for hydroxylation is 1. The Bertz CT molecular complexity index is 1220. The van der Waals surface area contributed by atoms with Crippen LogP contribution in [0.15, 0.2) is 78.9 Å². The maximum absolute atomic E-state index is 13.4. The van der Waals surface area contributed by atoms with Gasteiger partial charge in [-0.15, -0.1) is 0 Å². The van der Waals surface area contributed by atoms with Crippen molar-refractivity contribution in [1.29, 1.82) is 0 Å². The summed E-state index contributed by atoms with van der Waals surface area (Å²) in [5.74, 6) is 0.0692. The third-order valence-corrected chi connectivity index (χ3v) is 7.49. The number of benzene rings is 3. The second-order valence-corrected chi connectivity index (χ2v) is 9.38. The largest absolute Gasteiger partial charge is 0.448 e. The molecule has 1 aliphatic carbocycles. The van der Waals surface area contributed by atoms with Gasteiger partial charge in [-0.2, -0.15) is 0 Å². The molecular weight excluding hydrogens is 422 g/mol. The number of ether oxygens (including phenoxy) is 2. The van der Waals surface area contributed by atoms with Crippen LogP contribution in [0, 0.1) is 0 Å². The normalized spacial score (nSPS) is 21.0. The monoisotopic (exact) mass is 451 g/mol. The van der Waals surface area contributed by atoms with E-state index in [1.54, 1.807) is 0 Å². The third-order valence-electron chi connectivity index (χ3n) is 7.49. The van der Waals surface area contributed by atoms with Gasteiger partial charge in [0.25, 0.3) is 0 Å². The number of fused-ring (bicyclic) bond motifs is 5. The highest BCUT2D eigenvalue weighted by Crippen LogP contribution is 2.44. The predicted octanol–water partition coefficient (Wildman–Crippen LogP) is 6.05. The van der Waals surface area contributed by atoms with Gasteiger partial charge in [-0.05, 0) is 51.8 Å². The quantitative estimate of drug-likeness (QED) is 0.484. The number of hydrogen-bond donors (Lipinski definition) is 0. The summed E-state index contributed by atoms with van der Waals surface area (Å²) in [5.41, 5.74) is 8.91. The minimum Gasteiger partial charge on any atom is -0.448 e. The van der Waals surface area contributed by atoms with E-state index in [0.717, 1.165) is 12.8 Å². The Balaban J connectivity index is 1.23. The smallest absolute Gasteiger partial charge is 0.410 e. The average molecular weight is 452 g/mol. The molecule has 3 aromatic carbocycles. The Morgan fingerprint density at radius 2 is 1.56 bits per heavy atom. The summed E-state index contributed by atoms with van der Waals surface area (Å²) >= 11 is 0. The molecule has 0 saturated carbocycles.